The molecule has 0 atom stereocenters. The van der Waals surface area contributed by atoms with Crippen molar-refractivity contribution in [3.63, 3.8) is 0 Å². The van der Waals surface area contributed by atoms with Gasteiger partial charge in [0.15, 0.2) is 5.78 Å². The van der Waals surface area contributed by atoms with Crippen LogP contribution in [0.5, 0.6) is 0 Å². The van der Waals surface area contributed by atoms with E-state index in [0.717, 1.165) is 11.6 Å². The average Bonchev–Trinajstić information content (AvgIpc) is 2.27. The fourth-order valence-corrected chi connectivity index (χ4v) is 1.15. The normalized spacial score (nSPS) is 10.4. The third-order valence-corrected chi connectivity index (χ3v) is 1.99. The number of esters is 1. The average molecular weight is 218 g/mol. The van der Waals surface area contributed by atoms with Gasteiger partial charge in [-0.05, 0) is 19.9 Å². The summed E-state index contributed by atoms with van der Waals surface area (Å²) in [5, 5.41) is 0. The van der Waals surface area contributed by atoms with Crippen molar-refractivity contribution in [3.05, 3.63) is 47.5 Å². The highest BCUT2D eigenvalue weighted by atomic mass is 16.5. The first kappa shape index (κ1) is 12.2. The molecule has 0 radical (unpaired) electrons. The van der Waals surface area contributed by atoms with E-state index in [0.29, 0.717) is 12.2 Å². The Morgan fingerprint density at radius 3 is 2.38 bits per heavy atom. The maximum absolute atomic E-state index is 11.6. The van der Waals surface area contributed by atoms with Crippen LogP contribution in [0.4, 0.5) is 0 Å². The van der Waals surface area contributed by atoms with Crippen molar-refractivity contribution < 1.29 is 14.3 Å². The molecule has 1 rings (SSSR count). The Bertz CT molecular complexity index is 402. The molecule has 0 saturated carbocycles. The number of aryl methyl sites for hydroxylation is 1. The second-order valence-electron chi connectivity index (χ2n) is 3.32. The number of hydrogen-bond acceptors (Lipinski definition) is 3. The van der Waals surface area contributed by atoms with Crippen molar-refractivity contribution in [1.29, 1.82) is 0 Å². The fraction of sp³-hybridized carbons (Fsp3) is 0.231. The second kappa shape index (κ2) is 5.85. The van der Waals surface area contributed by atoms with Crippen LogP contribution in [0.25, 0.3) is 0 Å². The maximum atomic E-state index is 11.6. The molecule has 84 valence electrons. The van der Waals surface area contributed by atoms with Crippen molar-refractivity contribution >= 4 is 11.8 Å². The summed E-state index contributed by atoms with van der Waals surface area (Å²) < 4.78 is 4.67. The van der Waals surface area contributed by atoms with E-state index in [1.54, 1.807) is 19.1 Å². The lowest BCUT2D eigenvalue weighted by Crippen LogP contribution is -2.01. The van der Waals surface area contributed by atoms with Crippen LogP contribution in [0.15, 0.2) is 36.4 Å². The van der Waals surface area contributed by atoms with Gasteiger partial charge >= 0.3 is 5.97 Å². The summed E-state index contributed by atoms with van der Waals surface area (Å²) in [6.07, 6.45) is 2.37. The van der Waals surface area contributed by atoms with E-state index in [1.807, 2.05) is 19.1 Å². The van der Waals surface area contributed by atoms with E-state index in [4.69, 9.17) is 0 Å². The molecule has 0 fully saturated rings. The third kappa shape index (κ3) is 3.69. The van der Waals surface area contributed by atoms with Crippen molar-refractivity contribution in [1.82, 2.24) is 0 Å². The molecule has 0 heterocycles. The second-order valence-corrected chi connectivity index (χ2v) is 3.32. The molecule has 0 bridgehead atoms. The summed E-state index contributed by atoms with van der Waals surface area (Å²) in [4.78, 5) is 22.5. The quantitative estimate of drug-likeness (QED) is 0.442. The lowest BCUT2D eigenvalue weighted by atomic mass is 10.1. The molecule has 0 aromatic heterocycles. The number of allylic oxidation sites excluding steroid dienone is 1. The first-order chi connectivity index (χ1) is 7.63. The van der Waals surface area contributed by atoms with Crippen LogP contribution in [0.2, 0.25) is 0 Å². The molecule has 0 saturated heterocycles. The summed E-state index contributed by atoms with van der Waals surface area (Å²) in [5.41, 5.74) is 1.65. The Balaban J connectivity index is 2.65. The Morgan fingerprint density at radius 2 is 1.81 bits per heavy atom. The monoisotopic (exact) mass is 218 g/mol. The summed E-state index contributed by atoms with van der Waals surface area (Å²) in [6, 6.07) is 7.16. The lowest BCUT2D eigenvalue weighted by Gasteiger charge is -1.97. The summed E-state index contributed by atoms with van der Waals surface area (Å²) in [5.74, 6) is -0.698. The SMILES string of the molecule is CCOC(=O)C=CC(=O)c1ccc(C)cc1. The number of benzene rings is 1. The van der Waals surface area contributed by atoms with Crippen molar-refractivity contribution in [3.8, 4) is 0 Å². The fourth-order valence-electron chi connectivity index (χ4n) is 1.15. The van der Waals surface area contributed by atoms with Gasteiger partial charge in [0.2, 0.25) is 0 Å². The highest BCUT2D eigenvalue weighted by Crippen LogP contribution is 2.04. The Morgan fingerprint density at radius 1 is 1.19 bits per heavy atom. The minimum atomic E-state index is -0.497. The van der Waals surface area contributed by atoms with Gasteiger partial charge < -0.3 is 4.74 Å². The van der Waals surface area contributed by atoms with Gasteiger partial charge in [0.25, 0.3) is 0 Å². The van der Waals surface area contributed by atoms with Gasteiger partial charge in [-0.15, -0.1) is 0 Å². The highest BCUT2D eigenvalue weighted by molar-refractivity contribution is 6.06. The first-order valence-electron chi connectivity index (χ1n) is 5.09. The predicted octanol–water partition coefficient (Wildman–Crippen LogP) is 2.30. The van der Waals surface area contributed by atoms with Gasteiger partial charge in [0.1, 0.15) is 0 Å². The minimum Gasteiger partial charge on any atom is -0.463 e. The largest absolute Gasteiger partial charge is 0.463 e. The number of carbonyl (C=O) groups is 2. The van der Waals surface area contributed by atoms with Crippen molar-refractivity contribution in [2.75, 3.05) is 6.61 Å². The van der Waals surface area contributed by atoms with E-state index in [-0.39, 0.29) is 5.78 Å². The van der Waals surface area contributed by atoms with Gasteiger partial charge in [-0.25, -0.2) is 4.79 Å². The van der Waals surface area contributed by atoms with Crippen molar-refractivity contribution in [2.45, 2.75) is 13.8 Å². The number of ketones is 1. The summed E-state index contributed by atoms with van der Waals surface area (Å²) >= 11 is 0. The number of carbonyl (C=O) groups excluding carboxylic acids is 2. The molecular weight excluding hydrogens is 204 g/mol. The smallest absolute Gasteiger partial charge is 0.330 e. The summed E-state index contributed by atoms with van der Waals surface area (Å²) in [7, 11) is 0. The van der Waals surface area contributed by atoms with Crippen LogP contribution in [0.3, 0.4) is 0 Å². The van der Waals surface area contributed by atoms with Gasteiger partial charge in [0, 0.05) is 11.6 Å². The predicted molar refractivity (Wildman–Crippen MR) is 61.3 cm³/mol. The molecule has 0 amide bonds. The number of rotatable bonds is 4. The molecule has 0 N–H and O–H groups in total. The van der Waals surface area contributed by atoms with Crippen LogP contribution in [-0.2, 0) is 9.53 Å². The molecule has 1 aromatic rings. The van der Waals surface area contributed by atoms with Gasteiger partial charge in [-0.3, -0.25) is 4.79 Å². The molecule has 0 aliphatic rings. The van der Waals surface area contributed by atoms with Crippen LogP contribution in [0, 0.1) is 6.92 Å². The van der Waals surface area contributed by atoms with Crippen LogP contribution >= 0.6 is 0 Å². The standard InChI is InChI=1S/C13H14O3/c1-3-16-13(15)9-8-12(14)11-6-4-10(2)5-7-11/h4-9H,3H2,1-2H3. The van der Waals surface area contributed by atoms with Gasteiger partial charge in [0.05, 0.1) is 6.61 Å². The molecule has 16 heavy (non-hydrogen) atoms. The maximum Gasteiger partial charge on any atom is 0.330 e. The van der Waals surface area contributed by atoms with E-state index in [1.165, 1.54) is 6.08 Å². The van der Waals surface area contributed by atoms with Gasteiger partial charge in [-0.2, -0.15) is 0 Å². The zero-order chi connectivity index (χ0) is 12.0. The Hall–Kier alpha value is -1.90. The van der Waals surface area contributed by atoms with Crippen LogP contribution in [0.1, 0.15) is 22.8 Å². The number of ether oxygens (including phenoxy) is 1. The topological polar surface area (TPSA) is 43.4 Å². The molecule has 0 unspecified atom stereocenters. The zero-order valence-corrected chi connectivity index (χ0v) is 9.40. The van der Waals surface area contributed by atoms with E-state index < -0.39 is 5.97 Å². The zero-order valence-electron chi connectivity index (χ0n) is 9.40. The van der Waals surface area contributed by atoms with E-state index >= 15 is 0 Å². The molecule has 0 aliphatic heterocycles. The molecule has 3 nitrogen and oxygen atoms in total. The van der Waals surface area contributed by atoms with E-state index in [2.05, 4.69) is 4.74 Å². The third-order valence-electron chi connectivity index (χ3n) is 1.99. The van der Waals surface area contributed by atoms with Crippen LogP contribution < -0.4 is 0 Å². The minimum absolute atomic E-state index is 0.201. The summed E-state index contributed by atoms with van der Waals surface area (Å²) in [6.45, 7) is 3.97. The van der Waals surface area contributed by atoms with E-state index in [9.17, 15) is 9.59 Å². The number of hydrogen-bond donors (Lipinski definition) is 0. The first-order valence-corrected chi connectivity index (χ1v) is 5.09. The molecule has 0 spiro atoms. The molecule has 1 aromatic carbocycles. The Labute approximate surface area is 94.7 Å². The highest BCUT2D eigenvalue weighted by Gasteiger charge is 2.02. The van der Waals surface area contributed by atoms with Gasteiger partial charge in [-0.1, -0.05) is 29.8 Å². The Kier molecular flexibility index (Phi) is 4.45. The van der Waals surface area contributed by atoms with Crippen LogP contribution in [-0.4, -0.2) is 18.4 Å². The lowest BCUT2D eigenvalue weighted by molar-refractivity contribution is -0.137. The van der Waals surface area contributed by atoms with Crippen molar-refractivity contribution in [2.24, 2.45) is 0 Å². The molecule has 3 heteroatoms. The molecular formula is C13H14O3. The molecule has 0 aliphatic carbocycles.